The van der Waals surface area contributed by atoms with Crippen molar-refractivity contribution in [2.24, 2.45) is 0 Å². The Bertz CT molecular complexity index is 361. The minimum Gasteiger partial charge on any atom is -0.495 e. The molecule has 0 fully saturated rings. The molecule has 0 spiro atoms. The molecule has 0 aromatic heterocycles. The van der Waals surface area contributed by atoms with Crippen LogP contribution in [0.25, 0.3) is 0 Å². The average Bonchev–Trinajstić information content (AvgIpc) is 2.23. The van der Waals surface area contributed by atoms with Crippen molar-refractivity contribution in [1.82, 2.24) is 0 Å². The molecule has 1 aliphatic carbocycles. The second-order valence-corrected chi connectivity index (χ2v) is 4.31. The van der Waals surface area contributed by atoms with Gasteiger partial charge in [-0.1, -0.05) is 23.2 Å². The summed E-state index contributed by atoms with van der Waals surface area (Å²) in [5, 5.41) is 1.23. The normalized spacial score (nSPS) is 15.1. The van der Waals surface area contributed by atoms with Crippen molar-refractivity contribution in [2.45, 2.75) is 25.7 Å². The molecule has 1 aliphatic rings. The summed E-state index contributed by atoms with van der Waals surface area (Å²) in [7, 11) is 1.62. The van der Waals surface area contributed by atoms with Crippen LogP contribution in [0.4, 0.5) is 0 Å². The van der Waals surface area contributed by atoms with E-state index in [1.807, 2.05) is 6.07 Å². The summed E-state index contributed by atoms with van der Waals surface area (Å²) >= 11 is 12.3. The first kappa shape index (κ1) is 10.1. The number of hydrogen-bond donors (Lipinski definition) is 0. The summed E-state index contributed by atoms with van der Waals surface area (Å²) in [6.45, 7) is 0. The van der Waals surface area contributed by atoms with E-state index in [0.29, 0.717) is 15.8 Å². The van der Waals surface area contributed by atoms with Crippen LogP contribution in [0.1, 0.15) is 24.0 Å². The minimum atomic E-state index is 0.551. The molecule has 0 radical (unpaired) electrons. The number of benzene rings is 1. The standard InChI is InChI=1S/C11H12Cl2O/c1-14-9-6-7-4-2-3-5-8(7)10(12)11(9)13/h6H,2-5H2,1H3. The second kappa shape index (κ2) is 4.00. The SMILES string of the molecule is COc1cc2c(c(Cl)c1Cl)CCCC2. The highest BCUT2D eigenvalue weighted by Gasteiger charge is 2.18. The number of rotatable bonds is 1. The zero-order chi connectivity index (χ0) is 10.1. The highest BCUT2D eigenvalue weighted by atomic mass is 35.5. The third kappa shape index (κ3) is 1.59. The minimum absolute atomic E-state index is 0.551. The molecule has 0 aliphatic heterocycles. The van der Waals surface area contributed by atoms with Crippen LogP contribution in [0.3, 0.4) is 0 Å². The Morgan fingerprint density at radius 1 is 1.14 bits per heavy atom. The first-order valence-corrected chi connectivity index (χ1v) is 5.53. The number of aryl methyl sites for hydroxylation is 1. The Morgan fingerprint density at radius 2 is 1.86 bits per heavy atom. The predicted octanol–water partition coefficient (Wildman–Crippen LogP) is 3.88. The van der Waals surface area contributed by atoms with Gasteiger partial charge in [0, 0.05) is 0 Å². The summed E-state index contributed by atoms with van der Waals surface area (Å²) in [6, 6.07) is 2.02. The van der Waals surface area contributed by atoms with Gasteiger partial charge in [-0.3, -0.25) is 0 Å². The molecule has 0 atom stereocenters. The molecule has 1 nitrogen and oxygen atoms in total. The molecule has 14 heavy (non-hydrogen) atoms. The van der Waals surface area contributed by atoms with Gasteiger partial charge in [-0.25, -0.2) is 0 Å². The Labute approximate surface area is 94.0 Å². The van der Waals surface area contributed by atoms with Gasteiger partial charge in [-0.05, 0) is 42.9 Å². The fourth-order valence-electron chi connectivity index (χ4n) is 1.95. The molecule has 0 bridgehead atoms. The lowest BCUT2D eigenvalue weighted by Gasteiger charge is -2.19. The van der Waals surface area contributed by atoms with E-state index in [4.69, 9.17) is 27.9 Å². The molecule has 0 unspecified atom stereocenters. The monoisotopic (exact) mass is 230 g/mol. The Morgan fingerprint density at radius 3 is 2.57 bits per heavy atom. The summed E-state index contributed by atoms with van der Waals surface area (Å²) < 4.78 is 5.18. The van der Waals surface area contributed by atoms with Gasteiger partial charge in [0.05, 0.1) is 12.1 Å². The molecule has 0 saturated carbocycles. The molecule has 0 heterocycles. The van der Waals surface area contributed by atoms with Crippen LogP contribution < -0.4 is 4.74 Å². The van der Waals surface area contributed by atoms with E-state index in [1.165, 1.54) is 24.0 Å². The molecule has 0 saturated heterocycles. The van der Waals surface area contributed by atoms with Crippen molar-refractivity contribution < 1.29 is 4.74 Å². The maximum Gasteiger partial charge on any atom is 0.139 e. The third-order valence-electron chi connectivity index (χ3n) is 2.71. The maximum absolute atomic E-state index is 6.18. The number of ether oxygens (including phenoxy) is 1. The van der Waals surface area contributed by atoms with Gasteiger partial charge < -0.3 is 4.74 Å². The van der Waals surface area contributed by atoms with Crippen molar-refractivity contribution >= 4 is 23.2 Å². The lowest BCUT2D eigenvalue weighted by Crippen LogP contribution is -2.04. The molecular formula is C11H12Cl2O. The van der Waals surface area contributed by atoms with Crippen molar-refractivity contribution in [2.75, 3.05) is 7.11 Å². The van der Waals surface area contributed by atoms with Crippen LogP contribution >= 0.6 is 23.2 Å². The van der Waals surface area contributed by atoms with Crippen LogP contribution in [0.2, 0.25) is 10.0 Å². The van der Waals surface area contributed by atoms with Crippen LogP contribution in [-0.2, 0) is 12.8 Å². The van der Waals surface area contributed by atoms with Gasteiger partial charge in [0.25, 0.3) is 0 Å². The highest BCUT2D eigenvalue weighted by molar-refractivity contribution is 6.43. The van der Waals surface area contributed by atoms with Gasteiger partial charge in [-0.15, -0.1) is 0 Å². The number of halogens is 2. The van der Waals surface area contributed by atoms with Gasteiger partial charge in [0.2, 0.25) is 0 Å². The fraction of sp³-hybridized carbons (Fsp3) is 0.455. The average molecular weight is 231 g/mol. The molecule has 0 N–H and O–H groups in total. The maximum atomic E-state index is 6.18. The van der Waals surface area contributed by atoms with Gasteiger partial charge in [-0.2, -0.15) is 0 Å². The summed E-state index contributed by atoms with van der Waals surface area (Å²) in [6.07, 6.45) is 4.56. The van der Waals surface area contributed by atoms with Crippen molar-refractivity contribution in [3.63, 3.8) is 0 Å². The van der Waals surface area contributed by atoms with Crippen molar-refractivity contribution in [3.05, 3.63) is 27.2 Å². The first-order valence-electron chi connectivity index (χ1n) is 4.77. The summed E-state index contributed by atoms with van der Waals surface area (Å²) in [5.74, 6) is 0.692. The van der Waals surface area contributed by atoms with E-state index in [2.05, 4.69) is 0 Å². The molecule has 2 rings (SSSR count). The third-order valence-corrected chi connectivity index (χ3v) is 3.60. The van der Waals surface area contributed by atoms with Crippen LogP contribution in [0, 0.1) is 0 Å². The smallest absolute Gasteiger partial charge is 0.139 e. The topological polar surface area (TPSA) is 9.23 Å². The predicted molar refractivity (Wildman–Crippen MR) is 59.7 cm³/mol. The number of hydrogen-bond acceptors (Lipinski definition) is 1. The van der Waals surface area contributed by atoms with Crippen LogP contribution in [0.5, 0.6) is 5.75 Å². The Balaban J connectivity index is 2.57. The van der Waals surface area contributed by atoms with Gasteiger partial charge in [0.15, 0.2) is 0 Å². The zero-order valence-corrected chi connectivity index (χ0v) is 9.58. The largest absolute Gasteiger partial charge is 0.495 e. The quantitative estimate of drug-likeness (QED) is 0.712. The second-order valence-electron chi connectivity index (χ2n) is 3.55. The van der Waals surface area contributed by atoms with E-state index < -0.39 is 0 Å². The fourth-order valence-corrected chi connectivity index (χ4v) is 2.50. The van der Waals surface area contributed by atoms with Crippen molar-refractivity contribution in [1.29, 1.82) is 0 Å². The summed E-state index contributed by atoms with van der Waals surface area (Å²) in [4.78, 5) is 0. The highest BCUT2D eigenvalue weighted by Crippen LogP contribution is 2.39. The zero-order valence-electron chi connectivity index (χ0n) is 8.07. The van der Waals surface area contributed by atoms with E-state index in [0.717, 1.165) is 12.8 Å². The Hall–Kier alpha value is -0.400. The molecular weight excluding hydrogens is 219 g/mol. The van der Waals surface area contributed by atoms with Gasteiger partial charge in [0.1, 0.15) is 10.8 Å². The lowest BCUT2D eigenvalue weighted by atomic mass is 9.91. The molecule has 3 heteroatoms. The van der Waals surface area contributed by atoms with E-state index in [1.54, 1.807) is 7.11 Å². The number of fused-ring (bicyclic) bond motifs is 1. The molecule has 0 amide bonds. The molecule has 1 aromatic carbocycles. The van der Waals surface area contributed by atoms with Gasteiger partial charge >= 0.3 is 0 Å². The molecule has 76 valence electrons. The van der Waals surface area contributed by atoms with Crippen LogP contribution in [-0.4, -0.2) is 7.11 Å². The van der Waals surface area contributed by atoms with E-state index in [9.17, 15) is 0 Å². The number of methoxy groups -OCH3 is 1. The first-order chi connectivity index (χ1) is 6.74. The lowest BCUT2D eigenvalue weighted by molar-refractivity contribution is 0.414. The van der Waals surface area contributed by atoms with E-state index in [-0.39, 0.29) is 0 Å². The summed E-state index contributed by atoms with van der Waals surface area (Å²) in [5.41, 5.74) is 2.51. The van der Waals surface area contributed by atoms with Crippen molar-refractivity contribution in [3.8, 4) is 5.75 Å². The molecule has 1 aromatic rings. The van der Waals surface area contributed by atoms with E-state index >= 15 is 0 Å². The van der Waals surface area contributed by atoms with Crippen LogP contribution in [0.15, 0.2) is 6.07 Å². The Kier molecular flexibility index (Phi) is 2.89.